The Bertz CT molecular complexity index is 239. The number of nitrogens with zero attached hydrogens (tertiary/aromatic N) is 1. The van der Waals surface area contributed by atoms with Crippen molar-refractivity contribution < 1.29 is 0 Å². The van der Waals surface area contributed by atoms with Crippen LogP contribution in [0.5, 0.6) is 0 Å². The van der Waals surface area contributed by atoms with Crippen molar-refractivity contribution in [2.24, 2.45) is 5.92 Å². The van der Waals surface area contributed by atoms with Gasteiger partial charge in [0.1, 0.15) is 5.54 Å². The van der Waals surface area contributed by atoms with Gasteiger partial charge in [0, 0.05) is 6.04 Å². The molecule has 1 N–H and O–H groups in total. The van der Waals surface area contributed by atoms with Crippen molar-refractivity contribution in [3.05, 3.63) is 0 Å². The van der Waals surface area contributed by atoms with Crippen molar-refractivity contribution in [1.82, 2.24) is 5.32 Å². The van der Waals surface area contributed by atoms with Crippen molar-refractivity contribution in [1.29, 1.82) is 5.26 Å². The molecule has 0 aromatic carbocycles. The molecule has 14 heavy (non-hydrogen) atoms. The number of hydrogen-bond acceptors (Lipinski definition) is 2. The molecule has 2 rings (SSSR count). The molecule has 0 spiro atoms. The quantitative estimate of drug-likeness (QED) is 0.683. The molecule has 2 aliphatic carbocycles. The first kappa shape index (κ1) is 9.98. The molecule has 0 aromatic heterocycles. The summed E-state index contributed by atoms with van der Waals surface area (Å²) in [6.45, 7) is 2.31. The van der Waals surface area contributed by atoms with Crippen molar-refractivity contribution in [2.75, 3.05) is 0 Å². The van der Waals surface area contributed by atoms with E-state index < -0.39 is 0 Å². The maximum atomic E-state index is 9.32. The second-order valence-electron chi connectivity index (χ2n) is 5.15. The van der Waals surface area contributed by atoms with Gasteiger partial charge in [-0.1, -0.05) is 19.8 Å². The van der Waals surface area contributed by atoms with Gasteiger partial charge in [0.25, 0.3) is 0 Å². The molecule has 2 unspecified atom stereocenters. The topological polar surface area (TPSA) is 35.8 Å². The second-order valence-corrected chi connectivity index (χ2v) is 5.15. The molecule has 2 saturated carbocycles. The fourth-order valence-corrected chi connectivity index (χ4v) is 2.42. The summed E-state index contributed by atoms with van der Waals surface area (Å²) in [7, 11) is 0. The molecule has 0 amide bonds. The van der Waals surface area contributed by atoms with Crippen LogP contribution in [0.1, 0.15) is 51.9 Å². The lowest BCUT2D eigenvalue weighted by Crippen LogP contribution is -2.44. The van der Waals surface area contributed by atoms with Crippen molar-refractivity contribution >= 4 is 0 Å². The van der Waals surface area contributed by atoms with Crippen LogP contribution < -0.4 is 5.32 Å². The second kappa shape index (κ2) is 3.90. The standard InChI is InChI=1S/C12H20N2/c1-10-3-2-7-12(9-13,8-6-10)14-11-4-5-11/h10-11,14H,2-8H2,1H3. The predicted octanol–water partition coefficient (Wildman–Crippen LogP) is 2.60. The maximum Gasteiger partial charge on any atom is 0.106 e. The van der Waals surface area contributed by atoms with Crippen molar-refractivity contribution in [2.45, 2.75) is 63.5 Å². The molecule has 0 bridgehead atoms. The van der Waals surface area contributed by atoms with E-state index in [1.54, 1.807) is 0 Å². The SMILES string of the molecule is CC1CCCC(C#N)(NC2CC2)CC1. The van der Waals surface area contributed by atoms with Gasteiger partial charge in [-0.2, -0.15) is 5.26 Å². The Morgan fingerprint density at radius 2 is 2.00 bits per heavy atom. The van der Waals surface area contributed by atoms with E-state index in [0.29, 0.717) is 6.04 Å². The van der Waals surface area contributed by atoms with Crippen molar-refractivity contribution in [3.63, 3.8) is 0 Å². The highest BCUT2D eigenvalue weighted by molar-refractivity contribution is 5.10. The first-order chi connectivity index (χ1) is 6.74. The third-order valence-corrected chi connectivity index (χ3v) is 3.64. The fraction of sp³-hybridized carbons (Fsp3) is 0.917. The zero-order valence-corrected chi connectivity index (χ0v) is 9.05. The normalized spacial score (nSPS) is 38.7. The van der Waals surface area contributed by atoms with E-state index in [2.05, 4.69) is 18.3 Å². The third-order valence-electron chi connectivity index (χ3n) is 3.64. The maximum absolute atomic E-state index is 9.32. The van der Waals surface area contributed by atoms with Crippen LogP contribution in [-0.4, -0.2) is 11.6 Å². The third kappa shape index (κ3) is 2.27. The van der Waals surface area contributed by atoms with Crippen molar-refractivity contribution in [3.8, 4) is 6.07 Å². The molecule has 0 heterocycles. The van der Waals surface area contributed by atoms with E-state index in [1.165, 1.54) is 32.1 Å². The molecule has 0 aromatic rings. The Balaban J connectivity index is 1.98. The molecule has 0 radical (unpaired) electrons. The molecule has 78 valence electrons. The van der Waals surface area contributed by atoms with Gasteiger partial charge in [0.2, 0.25) is 0 Å². The lowest BCUT2D eigenvalue weighted by atomic mass is 9.91. The van der Waals surface area contributed by atoms with Gasteiger partial charge in [-0.15, -0.1) is 0 Å². The lowest BCUT2D eigenvalue weighted by molar-refractivity contribution is 0.358. The first-order valence-corrected chi connectivity index (χ1v) is 5.93. The van der Waals surface area contributed by atoms with Gasteiger partial charge >= 0.3 is 0 Å². The van der Waals surface area contributed by atoms with Gasteiger partial charge in [0.15, 0.2) is 0 Å². The lowest BCUT2D eigenvalue weighted by Gasteiger charge is -2.26. The van der Waals surface area contributed by atoms with Gasteiger partial charge in [0.05, 0.1) is 6.07 Å². The number of nitrogens with one attached hydrogen (secondary N) is 1. The molecule has 0 aliphatic heterocycles. The Morgan fingerprint density at radius 1 is 1.21 bits per heavy atom. The van der Waals surface area contributed by atoms with Crippen LogP contribution >= 0.6 is 0 Å². The summed E-state index contributed by atoms with van der Waals surface area (Å²) < 4.78 is 0. The molecular formula is C12H20N2. The van der Waals surface area contributed by atoms with Crippen LogP contribution in [0.15, 0.2) is 0 Å². The molecule has 2 aliphatic rings. The zero-order chi connectivity index (χ0) is 10.0. The molecular weight excluding hydrogens is 172 g/mol. The van der Waals surface area contributed by atoms with E-state index in [-0.39, 0.29) is 5.54 Å². The number of hydrogen-bond donors (Lipinski definition) is 1. The van der Waals surface area contributed by atoms with Gasteiger partial charge in [-0.25, -0.2) is 0 Å². The molecule has 0 saturated heterocycles. The molecule has 2 atom stereocenters. The number of nitriles is 1. The Hall–Kier alpha value is -0.550. The summed E-state index contributed by atoms with van der Waals surface area (Å²) in [5.41, 5.74) is -0.175. The van der Waals surface area contributed by atoms with Crippen LogP contribution in [0.25, 0.3) is 0 Å². The Kier molecular flexibility index (Phi) is 2.78. The van der Waals surface area contributed by atoms with E-state index in [4.69, 9.17) is 0 Å². The summed E-state index contributed by atoms with van der Waals surface area (Å²) in [4.78, 5) is 0. The fourth-order valence-electron chi connectivity index (χ4n) is 2.42. The molecule has 2 fully saturated rings. The van der Waals surface area contributed by atoms with Crippen LogP contribution in [0.3, 0.4) is 0 Å². The summed E-state index contributed by atoms with van der Waals surface area (Å²) >= 11 is 0. The minimum atomic E-state index is -0.175. The van der Waals surface area contributed by atoms with Crippen LogP contribution in [0, 0.1) is 17.2 Å². The Morgan fingerprint density at radius 3 is 2.64 bits per heavy atom. The van der Waals surface area contributed by atoms with E-state index in [9.17, 15) is 5.26 Å². The molecule has 2 nitrogen and oxygen atoms in total. The zero-order valence-electron chi connectivity index (χ0n) is 9.05. The van der Waals surface area contributed by atoms with Gasteiger partial charge < -0.3 is 0 Å². The van der Waals surface area contributed by atoms with Crippen LogP contribution in [0.4, 0.5) is 0 Å². The van der Waals surface area contributed by atoms with Crippen LogP contribution in [0.2, 0.25) is 0 Å². The van der Waals surface area contributed by atoms with E-state index in [0.717, 1.165) is 18.8 Å². The average molecular weight is 192 g/mol. The average Bonchev–Trinajstić information content (AvgIpc) is 2.98. The minimum Gasteiger partial charge on any atom is -0.297 e. The first-order valence-electron chi connectivity index (χ1n) is 5.93. The minimum absolute atomic E-state index is 0.175. The van der Waals surface area contributed by atoms with Gasteiger partial charge in [-0.05, 0) is 38.0 Å². The highest BCUT2D eigenvalue weighted by Gasteiger charge is 2.37. The van der Waals surface area contributed by atoms with Crippen LogP contribution in [-0.2, 0) is 0 Å². The molecule has 2 heteroatoms. The van der Waals surface area contributed by atoms with Gasteiger partial charge in [-0.3, -0.25) is 5.32 Å². The summed E-state index contributed by atoms with van der Waals surface area (Å²) in [5.74, 6) is 0.811. The highest BCUT2D eigenvalue weighted by Crippen LogP contribution is 2.33. The van der Waals surface area contributed by atoms with E-state index >= 15 is 0 Å². The predicted molar refractivity (Wildman–Crippen MR) is 56.8 cm³/mol. The smallest absolute Gasteiger partial charge is 0.106 e. The summed E-state index contributed by atoms with van der Waals surface area (Å²) in [5, 5.41) is 12.9. The summed E-state index contributed by atoms with van der Waals surface area (Å²) in [6.07, 6.45) is 8.40. The monoisotopic (exact) mass is 192 g/mol. The number of rotatable bonds is 2. The highest BCUT2D eigenvalue weighted by atomic mass is 15.0. The van der Waals surface area contributed by atoms with E-state index in [1.807, 2.05) is 0 Å². The largest absolute Gasteiger partial charge is 0.297 e. The Labute approximate surface area is 86.7 Å². The summed E-state index contributed by atoms with van der Waals surface area (Å²) in [6, 6.07) is 3.19.